The summed E-state index contributed by atoms with van der Waals surface area (Å²) in [5, 5.41) is 0. The summed E-state index contributed by atoms with van der Waals surface area (Å²) < 4.78 is 34.5. The fourth-order valence-electron chi connectivity index (χ4n) is 3.56. The van der Waals surface area contributed by atoms with Gasteiger partial charge >= 0.3 is 0 Å². The van der Waals surface area contributed by atoms with Crippen LogP contribution in [-0.2, 0) is 23.6 Å². The van der Waals surface area contributed by atoms with Crippen LogP contribution in [0.1, 0.15) is 5.82 Å². The Balaban J connectivity index is 1.43. The van der Waals surface area contributed by atoms with Gasteiger partial charge in [0.25, 0.3) is 0 Å². The lowest BCUT2D eigenvalue weighted by Crippen LogP contribution is -2.48. The van der Waals surface area contributed by atoms with Gasteiger partial charge in [0.1, 0.15) is 11.6 Å². The van der Waals surface area contributed by atoms with Gasteiger partial charge in [0, 0.05) is 33.2 Å². The van der Waals surface area contributed by atoms with E-state index in [1.165, 1.54) is 0 Å². The molecule has 0 radical (unpaired) electrons. The number of nitrogens with zero attached hydrogens (tertiary/aromatic N) is 4. The maximum atomic E-state index is 12.9. The molecule has 148 valence electrons. The van der Waals surface area contributed by atoms with Crippen molar-refractivity contribution in [3.05, 3.63) is 54.4 Å². The van der Waals surface area contributed by atoms with E-state index in [1.807, 2.05) is 25.2 Å². The van der Waals surface area contributed by atoms with Crippen LogP contribution in [0.25, 0.3) is 11.0 Å². The molecule has 3 aromatic rings. The number of aromatic nitrogens is 2. The van der Waals surface area contributed by atoms with Gasteiger partial charge in [0.15, 0.2) is 0 Å². The fraction of sp³-hybridized carbons (Fsp3) is 0.350. The summed E-state index contributed by atoms with van der Waals surface area (Å²) in [6, 6.07) is 14.6. The summed E-state index contributed by atoms with van der Waals surface area (Å²) in [4.78, 5) is 7.27. The lowest BCUT2D eigenvalue weighted by Gasteiger charge is -2.33. The highest BCUT2D eigenvalue weighted by Crippen LogP contribution is 2.22. The third-order valence-corrected chi connectivity index (χ3v) is 7.19. The monoisotopic (exact) mass is 400 g/mol. The summed E-state index contributed by atoms with van der Waals surface area (Å²) in [6.07, 6.45) is 0. The van der Waals surface area contributed by atoms with Gasteiger partial charge in [-0.05, 0) is 36.4 Å². The Kier molecular flexibility index (Phi) is 5.09. The quantitative estimate of drug-likeness (QED) is 0.656. The van der Waals surface area contributed by atoms with Crippen LogP contribution in [0, 0.1) is 0 Å². The SMILES string of the molecule is COc1ccc(S(=O)(=O)N2CCN(Cc3nc4ccccc4n3C)CC2)cc1. The zero-order valence-electron chi connectivity index (χ0n) is 16.1. The van der Waals surface area contributed by atoms with E-state index < -0.39 is 10.0 Å². The first kappa shape index (κ1) is 18.9. The average Bonchev–Trinajstić information content (AvgIpc) is 3.04. The van der Waals surface area contributed by atoms with Gasteiger partial charge < -0.3 is 9.30 Å². The maximum absolute atomic E-state index is 12.9. The van der Waals surface area contributed by atoms with Crippen LogP contribution < -0.4 is 4.74 Å². The molecule has 7 nitrogen and oxygen atoms in total. The molecule has 1 saturated heterocycles. The van der Waals surface area contributed by atoms with Crippen molar-refractivity contribution in [1.29, 1.82) is 0 Å². The normalized spacial score (nSPS) is 16.5. The molecule has 0 amide bonds. The third kappa shape index (κ3) is 3.50. The second-order valence-corrected chi connectivity index (χ2v) is 8.87. The Morgan fingerprint density at radius 3 is 2.32 bits per heavy atom. The molecule has 2 aromatic carbocycles. The molecular formula is C20H24N4O3S. The van der Waals surface area contributed by atoms with Gasteiger partial charge in [-0.25, -0.2) is 13.4 Å². The van der Waals surface area contributed by atoms with Gasteiger partial charge in [0.2, 0.25) is 10.0 Å². The molecule has 0 bridgehead atoms. The largest absolute Gasteiger partial charge is 0.497 e. The average molecular weight is 401 g/mol. The van der Waals surface area contributed by atoms with Gasteiger partial charge in [0.05, 0.1) is 29.6 Å². The standard InChI is InChI=1S/C20H24N4O3S/c1-22-19-6-4-3-5-18(19)21-20(22)15-23-11-13-24(14-12-23)28(25,26)17-9-7-16(27-2)8-10-17/h3-10H,11-15H2,1-2H3. The van der Waals surface area contributed by atoms with Crippen LogP contribution in [-0.4, -0.2) is 60.5 Å². The van der Waals surface area contributed by atoms with Gasteiger partial charge in [-0.1, -0.05) is 12.1 Å². The van der Waals surface area contributed by atoms with Crippen molar-refractivity contribution in [2.45, 2.75) is 11.4 Å². The summed E-state index contributed by atoms with van der Waals surface area (Å²) >= 11 is 0. The Labute approximate surface area is 165 Å². The third-order valence-electron chi connectivity index (χ3n) is 5.27. The number of hydrogen-bond donors (Lipinski definition) is 0. The molecule has 28 heavy (non-hydrogen) atoms. The Morgan fingerprint density at radius 2 is 1.68 bits per heavy atom. The molecule has 0 saturated carbocycles. The van der Waals surface area contributed by atoms with Crippen LogP contribution in [0.4, 0.5) is 0 Å². The summed E-state index contributed by atoms with van der Waals surface area (Å²) in [7, 11) is 0.104. The number of imidazole rings is 1. The molecule has 2 heterocycles. The maximum Gasteiger partial charge on any atom is 0.243 e. The minimum Gasteiger partial charge on any atom is -0.497 e. The Morgan fingerprint density at radius 1 is 1.00 bits per heavy atom. The van der Waals surface area contributed by atoms with E-state index in [1.54, 1.807) is 35.7 Å². The molecule has 1 aromatic heterocycles. The predicted octanol–water partition coefficient (Wildman–Crippen LogP) is 2.09. The van der Waals surface area contributed by atoms with E-state index in [4.69, 9.17) is 9.72 Å². The van der Waals surface area contributed by atoms with Crippen LogP contribution >= 0.6 is 0 Å². The smallest absolute Gasteiger partial charge is 0.243 e. The number of piperazine rings is 1. The molecule has 1 aliphatic heterocycles. The first-order chi connectivity index (χ1) is 13.5. The van der Waals surface area contributed by atoms with E-state index in [0.29, 0.717) is 43.4 Å². The Hall–Kier alpha value is -2.42. The van der Waals surface area contributed by atoms with Gasteiger partial charge in [-0.15, -0.1) is 0 Å². The lowest BCUT2D eigenvalue weighted by molar-refractivity contribution is 0.177. The van der Waals surface area contributed by atoms with Crippen LogP contribution in [0.15, 0.2) is 53.4 Å². The summed E-state index contributed by atoms with van der Waals surface area (Å²) in [5.41, 5.74) is 2.10. The topological polar surface area (TPSA) is 67.7 Å². The first-order valence-electron chi connectivity index (χ1n) is 9.26. The molecule has 0 spiro atoms. The van der Waals surface area contributed by atoms with E-state index in [-0.39, 0.29) is 0 Å². The van der Waals surface area contributed by atoms with Gasteiger partial charge in [-0.3, -0.25) is 4.90 Å². The number of rotatable bonds is 5. The predicted molar refractivity (Wildman–Crippen MR) is 108 cm³/mol. The van der Waals surface area contributed by atoms with E-state index in [9.17, 15) is 8.42 Å². The minimum atomic E-state index is -3.48. The number of benzene rings is 2. The van der Waals surface area contributed by atoms with Crippen molar-refractivity contribution in [2.24, 2.45) is 7.05 Å². The van der Waals surface area contributed by atoms with Gasteiger partial charge in [-0.2, -0.15) is 4.31 Å². The lowest BCUT2D eigenvalue weighted by atomic mass is 10.3. The summed E-state index contributed by atoms with van der Waals surface area (Å²) in [5.74, 6) is 1.64. The first-order valence-corrected chi connectivity index (χ1v) is 10.7. The molecule has 0 N–H and O–H groups in total. The molecule has 1 fully saturated rings. The van der Waals surface area contributed by atoms with Crippen molar-refractivity contribution in [3.8, 4) is 5.75 Å². The highest BCUT2D eigenvalue weighted by Gasteiger charge is 2.29. The van der Waals surface area contributed by atoms with Crippen LogP contribution in [0.3, 0.4) is 0 Å². The molecular weight excluding hydrogens is 376 g/mol. The van der Waals surface area contributed by atoms with E-state index in [0.717, 1.165) is 16.9 Å². The van der Waals surface area contributed by atoms with Crippen LogP contribution in [0.2, 0.25) is 0 Å². The Bertz CT molecular complexity index is 1070. The molecule has 4 rings (SSSR count). The minimum absolute atomic E-state index is 0.303. The fourth-order valence-corrected chi connectivity index (χ4v) is 4.98. The van der Waals surface area contributed by atoms with Crippen molar-refractivity contribution >= 4 is 21.1 Å². The number of fused-ring (bicyclic) bond motifs is 1. The second-order valence-electron chi connectivity index (χ2n) is 6.93. The van der Waals surface area contributed by atoms with Crippen LogP contribution in [0.5, 0.6) is 5.75 Å². The van der Waals surface area contributed by atoms with Crippen molar-refractivity contribution < 1.29 is 13.2 Å². The molecule has 0 unspecified atom stereocenters. The number of aryl methyl sites for hydroxylation is 1. The molecule has 8 heteroatoms. The number of hydrogen-bond acceptors (Lipinski definition) is 5. The van der Waals surface area contributed by atoms with Crippen molar-refractivity contribution in [2.75, 3.05) is 33.3 Å². The molecule has 1 aliphatic rings. The highest BCUT2D eigenvalue weighted by atomic mass is 32.2. The number of para-hydroxylation sites is 2. The number of methoxy groups -OCH3 is 1. The number of ether oxygens (including phenoxy) is 1. The molecule has 0 atom stereocenters. The highest BCUT2D eigenvalue weighted by molar-refractivity contribution is 7.89. The van der Waals surface area contributed by atoms with E-state index in [2.05, 4.69) is 15.5 Å². The molecule has 0 aliphatic carbocycles. The second kappa shape index (κ2) is 7.54. The number of sulfonamides is 1. The zero-order chi connectivity index (χ0) is 19.7. The van der Waals surface area contributed by atoms with Crippen molar-refractivity contribution in [3.63, 3.8) is 0 Å². The van der Waals surface area contributed by atoms with E-state index >= 15 is 0 Å². The van der Waals surface area contributed by atoms with Crippen molar-refractivity contribution in [1.82, 2.24) is 18.8 Å². The zero-order valence-corrected chi connectivity index (χ0v) is 16.9. The summed E-state index contributed by atoms with van der Waals surface area (Å²) in [6.45, 7) is 3.01.